The van der Waals surface area contributed by atoms with E-state index in [0.29, 0.717) is 12.8 Å². The summed E-state index contributed by atoms with van der Waals surface area (Å²) in [7, 11) is 0. The number of halogens is 3. The summed E-state index contributed by atoms with van der Waals surface area (Å²) in [6, 6.07) is 3.44. The van der Waals surface area contributed by atoms with Gasteiger partial charge in [-0.15, -0.1) is 0 Å². The summed E-state index contributed by atoms with van der Waals surface area (Å²) in [4.78, 5) is 14.7. The SMILES string of the molecule is CCC(CC)n1c(C(F)(F)F)nc2ccc(C(=O)O)cc21. The van der Waals surface area contributed by atoms with E-state index < -0.39 is 18.0 Å². The zero-order chi connectivity index (χ0) is 15.8. The van der Waals surface area contributed by atoms with E-state index >= 15 is 0 Å². The highest BCUT2D eigenvalue weighted by atomic mass is 19.4. The number of aromatic nitrogens is 2. The van der Waals surface area contributed by atoms with E-state index in [9.17, 15) is 18.0 Å². The van der Waals surface area contributed by atoms with Crippen LogP contribution in [0, 0.1) is 0 Å². The highest BCUT2D eigenvalue weighted by Gasteiger charge is 2.38. The van der Waals surface area contributed by atoms with Crippen LogP contribution in [0.15, 0.2) is 18.2 Å². The summed E-state index contributed by atoms with van der Waals surface area (Å²) in [6.45, 7) is 3.59. The van der Waals surface area contributed by atoms with Gasteiger partial charge in [-0.05, 0) is 31.0 Å². The Kier molecular flexibility index (Phi) is 3.93. The molecular formula is C14H15F3N2O2. The lowest BCUT2D eigenvalue weighted by Crippen LogP contribution is -2.18. The molecule has 0 radical (unpaired) electrons. The minimum atomic E-state index is -4.58. The molecule has 1 N–H and O–H groups in total. The van der Waals surface area contributed by atoms with Gasteiger partial charge in [0.05, 0.1) is 16.6 Å². The Labute approximate surface area is 119 Å². The standard InChI is InChI=1S/C14H15F3N2O2/c1-3-9(4-2)19-11-7-8(12(20)21)5-6-10(11)18-13(19)14(15,16)17/h5-7,9H,3-4H2,1-2H3,(H,20,21). The number of hydrogen-bond acceptors (Lipinski definition) is 2. The first-order valence-corrected chi connectivity index (χ1v) is 6.62. The van der Waals surface area contributed by atoms with Crippen molar-refractivity contribution in [2.45, 2.75) is 38.9 Å². The summed E-state index contributed by atoms with van der Waals surface area (Å²) in [5.41, 5.74) is 0.304. The Morgan fingerprint density at radius 1 is 1.33 bits per heavy atom. The Balaban J connectivity index is 2.79. The number of nitrogens with zero attached hydrogens (tertiary/aromatic N) is 2. The number of alkyl halides is 3. The summed E-state index contributed by atoms with van der Waals surface area (Å²) < 4.78 is 40.7. The van der Waals surface area contributed by atoms with Crippen LogP contribution in [0.4, 0.5) is 13.2 Å². The molecule has 1 aromatic heterocycles. The monoisotopic (exact) mass is 300 g/mol. The van der Waals surface area contributed by atoms with Crippen molar-refractivity contribution in [2.24, 2.45) is 0 Å². The smallest absolute Gasteiger partial charge is 0.449 e. The third kappa shape index (κ3) is 2.72. The van der Waals surface area contributed by atoms with Crippen LogP contribution >= 0.6 is 0 Å². The van der Waals surface area contributed by atoms with Crippen LogP contribution in [0.25, 0.3) is 11.0 Å². The average Bonchev–Trinajstić information content (AvgIpc) is 2.79. The number of carboxylic acids is 1. The largest absolute Gasteiger partial charge is 0.478 e. The summed E-state index contributed by atoms with van der Waals surface area (Å²) in [5, 5.41) is 9.00. The number of hydrogen-bond donors (Lipinski definition) is 1. The number of benzene rings is 1. The lowest BCUT2D eigenvalue weighted by molar-refractivity contribution is -0.147. The Hall–Kier alpha value is -2.05. The maximum atomic E-state index is 13.2. The Bertz CT molecular complexity index is 673. The van der Waals surface area contributed by atoms with Crippen molar-refractivity contribution in [1.82, 2.24) is 9.55 Å². The van der Waals surface area contributed by atoms with E-state index in [0.717, 1.165) is 4.57 Å². The van der Waals surface area contributed by atoms with E-state index in [4.69, 9.17) is 5.11 Å². The summed E-state index contributed by atoms with van der Waals surface area (Å²) in [5.74, 6) is -2.16. The predicted octanol–water partition coefficient (Wildman–Crippen LogP) is 4.11. The van der Waals surface area contributed by atoms with E-state index in [1.54, 1.807) is 13.8 Å². The maximum absolute atomic E-state index is 13.2. The van der Waals surface area contributed by atoms with Crippen LogP contribution < -0.4 is 0 Å². The predicted molar refractivity (Wildman–Crippen MR) is 71.3 cm³/mol. The molecule has 2 aromatic rings. The molecule has 4 nitrogen and oxygen atoms in total. The van der Waals surface area contributed by atoms with Crippen molar-refractivity contribution in [1.29, 1.82) is 0 Å². The van der Waals surface area contributed by atoms with Gasteiger partial charge in [-0.1, -0.05) is 13.8 Å². The van der Waals surface area contributed by atoms with Crippen LogP contribution in [0.1, 0.15) is 48.9 Å². The molecule has 7 heteroatoms. The molecule has 0 unspecified atom stereocenters. The fourth-order valence-electron chi connectivity index (χ4n) is 2.45. The maximum Gasteiger partial charge on any atom is 0.449 e. The lowest BCUT2D eigenvalue weighted by atomic mass is 10.1. The molecule has 0 aliphatic rings. The third-order valence-electron chi connectivity index (χ3n) is 3.50. The van der Waals surface area contributed by atoms with Crippen molar-refractivity contribution in [2.75, 3.05) is 0 Å². The number of rotatable bonds is 4. The first-order valence-electron chi connectivity index (χ1n) is 6.62. The number of carboxylic acid groups (broad SMARTS) is 1. The molecule has 0 bridgehead atoms. The van der Waals surface area contributed by atoms with E-state index in [-0.39, 0.29) is 22.6 Å². The van der Waals surface area contributed by atoms with Crippen LogP contribution in [0.2, 0.25) is 0 Å². The fourth-order valence-corrected chi connectivity index (χ4v) is 2.45. The minimum Gasteiger partial charge on any atom is -0.478 e. The number of carbonyl (C=O) groups is 1. The van der Waals surface area contributed by atoms with Crippen LogP contribution in [0.5, 0.6) is 0 Å². The number of aromatic carboxylic acids is 1. The number of imidazole rings is 1. The number of fused-ring (bicyclic) bond motifs is 1. The third-order valence-corrected chi connectivity index (χ3v) is 3.50. The highest BCUT2D eigenvalue weighted by molar-refractivity contribution is 5.92. The van der Waals surface area contributed by atoms with Gasteiger partial charge in [0.2, 0.25) is 5.82 Å². The molecule has 0 amide bonds. The first kappa shape index (κ1) is 15.3. The second kappa shape index (κ2) is 5.38. The lowest BCUT2D eigenvalue weighted by Gasteiger charge is -2.19. The van der Waals surface area contributed by atoms with Crippen molar-refractivity contribution in [3.8, 4) is 0 Å². The molecule has 0 spiro atoms. The average molecular weight is 300 g/mol. The molecule has 0 fully saturated rings. The van der Waals surface area contributed by atoms with E-state index in [2.05, 4.69) is 4.98 Å². The molecule has 2 rings (SSSR count). The topological polar surface area (TPSA) is 55.1 Å². The quantitative estimate of drug-likeness (QED) is 0.924. The molecule has 1 heterocycles. The molecule has 21 heavy (non-hydrogen) atoms. The van der Waals surface area contributed by atoms with Gasteiger partial charge in [0.1, 0.15) is 0 Å². The molecule has 0 atom stereocenters. The Morgan fingerprint density at radius 3 is 2.43 bits per heavy atom. The normalized spacial score (nSPS) is 12.3. The van der Waals surface area contributed by atoms with Crippen molar-refractivity contribution in [3.63, 3.8) is 0 Å². The van der Waals surface area contributed by atoms with Gasteiger partial charge in [-0.2, -0.15) is 13.2 Å². The van der Waals surface area contributed by atoms with Crippen LogP contribution in [-0.2, 0) is 6.18 Å². The van der Waals surface area contributed by atoms with E-state index in [1.807, 2.05) is 0 Å². The Morgan fingerprint density at radius 2 is 1.95 bits per heavy atom. The molecular weight excluding hydrogens is 285 g/mol. The molecule has 0 saturated heterocycles. The zero-order valence-corrected chi connectivity index (χ0v) is 11.6. The van der Waals surface area contributed by atoms with Gasteiger partial charge in [-0.3, -0.25) is 0 Å². The highest BCUT2D eigenvalue weighted by Crippen LogP contribution is 2.35. The second-order valence-electron chi connectivity index (χ2n) is 4.78. The van der Waals surface area contributed by atoms with Gasteiger partial charge in [0.15, 0.2) is 0 Å². The summed E-state index contributed by atoms with van der Waals surface area (Å²) in [6.07, 6.45) is -3.57. The molecule has 0 saturated carbocycles. The van der Waals surface area contributed by atoms with Gasteiger partial charge in [0, 0.05) is 6.04 Å². The van der Waals surface area contributed by atoms with Gasteiger partial charge in [-0.25, -0.2) is 9.78 Å². The second-order valence-corrected chi connectivity index (χ2v) is 4.78. The van der Waals surface area contributed by atoms with Crippen molar-refractivity contribution < 1.29 is 23.1 Å². The van der Waals surface area contributed by atoms with Crippen molar-refractivity contribution >= 4 is 17.0 Å². The minimum absolute atomic E-state index is 0.0525. The fraction of sp³-hybridized carbons (Fsp3) is 0.429. The van der Waals surface area contributed by atoms with Gasteiger partial charge >= 0.3 is 12.1 Å². The van der Waals surface area contributed by atoms with E-state index in [1.165, 1.54) is 18.2 Å². The molecule has 1 aromatic carbocycles. The summed E-state index contributed by atoms with van der Waals surface area (Å²) >= 11 is 0. The molecule has 0 aliphatic heterocycles. The molecule has 0 aliphatic carbocycles. The molecule has 114 valence electrons. The van der Waals surface area contributed by atoms with Crippen molar-refractivity contribution in [3.05, 3.63) is 29.6 Å². The van der Waals surface area contributed by atoms with Crippen LogP contribution in [0.3, 0.4) is 0 Å². The zero-order valence-electron chi connectivity index (χ0n) is 11.6. The van der Waals surface area contributed by atoms with Crippen LogP contribution in [-0.4, -0.2) is 20.6 Å². The van der Waals surface area contributed by atoms with Gasteiger partial charge < -0.3 is 9.67 Å². The van der Waals surface area contributed by atoms with Gasteiger partial charge in [0.25, 0.3) is 0 Å². The first-order chi connectivity index (χ1) is 9.79.